The summed E-state index contributed by atoms with van der Waals surface area (Å²) in [6.07, 6.45) is 0.0770. The number of benzene rings is 1. The van der Waals surface area contributed by atoms with Crippen molar-refractivity contribution in [2.45, 2.75) is 12.5 Å². The third-order valence-corrected chi connectivity index (χ3v) is 3.07. The molecule has 0 bridgehead atoms. The third-order valence-electron chi connectivity index (χ3n) is 2.93. The van der Waals surface area contributed by atoms with E-state index in [1.165, 1.54) is 0 Å². The zero-order valence-corrected chi connectivity index (χ0v) is 12.9. The number of carbonyl (C=O) groups excluding carboxylic acids is 1. The molecule has 3 N–H and O–H groups in total. The van der Waals surface area contributed by atoms with Crippen LogP contribution < -0.4 is 15.8 Å². The first-order valence-corrected chi connectivity index (χ1v) is 6.70. The van der Waals surface area contributed by atoms with Crippen molar-refractivity contribution in [2.24, 2.45) is 5.73 Å². The van der Waals surface area contributed by atoms with Gasteiger partial charge in [-0.2, -0.15) is 0 Å². The lowest BCUT2D eigenvalue weighted by molar-refractivity contribution is -0.120. The fraction of sp³-hybridized carbons (Fsp3) is 0.429. The van der Waals surface area contributed by atoms with Crippen LogP contribution in [-0.2, 0) is 4.79 Å². The van der Waals surface area contributed by atoms with Gasteiger partial charge < -0.3 is 20.7 Å². The van der Waals surface area contributed by atoms with Gasteiger partial charge in [-0.3, -0.25) is 4.79 Å². The molecule has 1 aromatic rings. The van der Waals surface area contributed by atoms with Crippen LogP contribution in [0.5, 0.6) is 5.75 Å². The summed E-state index contributed by atoms with van der Waals surface area (Å²) in [5.74, 6) is 0.635. The molecular formula is C14H21N3O2S. The minimum Gasteiger partial charge on any atom is -0.497 e. The van der Waals surface area contributed by atoms with Crippen molar-refractivity contribution in [2.75, 3.05) is 27.7 Å². The molecule has 20 heavy (non-hydrogen) atoms. The third kappa shape index (κ3) is 5.14. The predicted octanol–water partition coefficient (Wildman–Crippen LogP) is 1.09. The summed E-state index contributed by atoms with van der Waals surface area (Å²) in [5, 5.41) is 2.84. The highest BCUT2D eigenvalue weighted by molar-refractivity contribution is 7.80. The molecule has 0 spiro atoms. The average Bonchev–Trinajstić information content (AvgIpc) is 2.38. The number of thiocarbonyl (C=S) groups is 1. The van der Waals surface area contributed by atoms with E-state index in [0.717, 1.165) is 11.3 Å². The first kappa shape index (κ1) is 16.4. The number of nitrogens with two attached hydrogens (primary N) is 1. The normalized spacial score (nSPS) is 12.0. The fourth-order valence-corrected chi connectivity index (χ4v) is 2.01. The van der Waals surface area contributed by atoms with Crippen LogP contribution in [0.4, 0.5) is 0 Å². The lowest BCUT2D eigenvalue weighted by Crippen LogP contribution is -2.35. The maximum Gasteiger partial charge on any atom is 0.226 e. The van der Waals surface area contributed by atoms with Crippen molar-refractivity contribution >= 4 is 23.1 Å². The first-order valence-electron chi connectivity index (χ1n) is 6.29. The molecule has 1 unspecified atom stereocenters. The number of carbonyl (C=O) groups is 1. The fourth-order valence-electron chi connectivity index (χ4n) is 1.88. The summed E-state index contributed by atoms with van der Waals surface area (Å²) < 4.78 is 5.22. The molecule has 1 amide bonds. The number of ether oxygens (including phenoxy) is 1. The molecule has 1 rings (SSSR count). The van der Waals surface area contributed by atoms with Gasteiger partial charge in [-0.15, -0.1) is 0 Å². The van der Waals surface area contributed by atoms with E-state index >= 15 is 0 Å². The Morgan fingerprint density at radius 3 is 2.75 bits per heavy atom. The van der Waals surface area contributed by atoms with Crippen LogP contribution in [-0.4, -0.2) is 43.5 Å². The summed E-state index contributed by atoms with van der Waals surface area (Å²) in [6.45, 7) is 0.488. The van der Waals surface area contributed by atoms with Crippen molar-refractivity contribution in [3.05, 3.63) is 29.8 Å². The molecule has 0 saturated carbocycles. The van der Waals surface area contributed by atoms with Crippen LogP contribution in [0.25, 0.3) is 0 Å². The van der Waals surface area contributed by atoms with Crippen LogP contribution in [0.2, 0.25) is 0 Å². The zero-order valence-electron chi connectivity index (χ0n) is 12.1. The highest BCUT2D eigenvalue weighted by atomic mass is 32.1. The molecule has 6 heteroatoms. The standard InChI is InChI=1S/C14H21N3O2S/c1-17(2)12(9-16-14(18)8-13(15)20)10-5-4-6-11(7-10)19-3/h4-7,12H,8-9H2,1-3H3,(H2,15,20)(H,16,18). The maximum atomic E-state index is 11.6. The molecule has 0 radical (unpaired) electrons. The maximum absolute atomic E-state index is 11.6. The quantitative estimate of drug-likeness (QED) is 0.737. The molecule has 110 valence electrons. The van der Waals surface area contributed by atoms with Gasteiger partial charge >= 0.3 is 0 Å². The van der Waals surface area contributed by atoms with E-state index in [2.05, 4.69) is 5.32 Å². The minimum atomic E-state index is -0.160. The SMILES string of the molecule is COc1cccc(C(CNC(=O)CC(N)=S)N(C)C)c1. The largest absolute Gasteiger partial charge is 0.497 e. The van der Waals surface area contributed by atoms with Crippen LogP contribution in [0.15, 0.2) is 24.3 Å². The summed E-state index contributed by atoms with van der Waals surface area (Å²) in [7, 11) is 5.56. The van der Waals surface area contributed by atoms with E-state index in [1.807, 2.05) is 43.3 Å². The Kier molecular flexibility index (Phi) is 6.41. The molecule has 0 saturated heterocycles. The predicted molar refractivity (Wildman–Crippen MR) is 83.8 cm³/mol. The van der Waals surface area contributed by atoms with Crippen molar-refractivity contribution in [3.8, 4) is 5.75 Å². The van der Waals surface area contributed by atoms with Crippen molar-refractivity contribution in [1.82, 2.24) is 10.2 Å². The first-order chi connectivity index (χ1) is 9.43. The lowest BCUT2D eigenvalue weighted by Gasteiger charge is -2.25. The molecule has 0 aliphatic carbocycles. The second-order valence-electron chi connectivity index (χ2n) is 4.70. The summed E-state index contributed by atoms with van der Waals surface area (Å²) >= 11 is 4.72. The number of likely N-dealkylation sites (N-methyl/N-ethyl adjacent to an activating group) is 1. The highest BCUT2D eigenvalue weighted by Crippen LogP contribution is 2.22. The number of hydrogen-bond acceptors (Lipinski definition) is 4. The average molecular weight is 295 g/mol. The molecule has 0 aromatic heterocycles. The molecule has 0 fully saturated rings. The number of nitrogens with zero attached hydrogens (tertiary/aromatic N) is 1. The van der Waals surface area contributed by atoms with E-state index in [4.69, 9.17) is 22.7 Å². The topological polar surface area (TPSA) is 67.6 Å². The van der Waals surface area contributed by atoms with E-state index in [9.17, 15) is 4.79 Å². The van der Waals surface area contributed by atoms with Crippen LogP contribution in [0.3, 0.4) is 0 Å². The minimum absolute atomic E-state index is 0.0559. The van der Waals surface area contributed by atoms with Crippen molar-refractivity contribution in [3.63, 3.8) is 0 Å². The Morgan fingerprint density at radius 1 is 1.50 bits per heavy atom. The second-order valence-corrected chi connectivity index (χ2v) is 5.23. The summed E-state index contributed by atoms with van der Waals surface area (Å²) in [5.41, 5.74) is 6.43. The highest BCUT2D eigenvalue weighted by Gasteiger charge is 2.16. The molecule has 0 heterocycles. The monoisotopic (exact) mass is 295 g/mol. The Hall–Kier alpha value is -1.66. The number of methoxy groups -OCH3 is 1. The molecule has 0 aliphatic heterocycles. The van der Waals surface area contributed by atoms with Crippen molar-refractivity contribution in [1.29, 1.82) is 0 Å². The van der Waals surface area contributed by atoms with Gasteiger partial charge in [0.25, 0.3) is 0 Å². The summed E-state index contributed by atoms with van der Waals surface area (Å²) in [6, 6.07) is 7.85. The van der Waals surface area contributed by atoms with Gasteiger partial charge in [0.15, 0.2) is 0 Å². The van der Waals surface area contributed by atoms with Gasteiger partial charge in [-0.1, -0.05) is 24.4 Å². The number of nitrogens with one attached hydrogen (secondary N) is 1. The Bertz CT molecular complexity index is 477. The Labute approximate surface area is 125 Å². The Morgan fingerprint density at radius 2 is 2.20 bits per heavy atom. The van der Waals surface area contributed by atoms with Crippen molar-refractivity contribution < 1.29 is 9.53 Å². The van der Waals surface area contributed by atoms with Gasteiger partial charge in [0.1, 0.15) is 5.75 Å². The van der Waals surface area contributed by atoms with Gasteiger partial charge in [-0.25, -0.2) is 0 Å². The van der Waals surface area contributed by atoms with Crippen LogP contribution >= 0.6 is 12.2 Å². The van der Waals surface area contributed by atoms with E-state index in [0.29, 0.717) is 6.54 Å². The number of hydrogen-bond donors (Lipinski definition) is 2. The van der Waals surface area contributed by atoms with Gasteiger partial charge in [0.05, 0.1) is 24.6 Å². The molecular weight excluding hydrogens is 274 g/mol. The molecule has 1 atom stereocenters. The Balaban J connectivity index is 2.73. The van der Waals surface area contributed by atoms with E-state index in [-0.39, 0.29) is 23.4 Å². The molecule has 1 aromatic carbocycles. The van der Waals surface area contributed by atoms with E-state index < -0.39 is 0 Å². The van der Waals surface area contributed by atoms with Gasteiger partial charge in [0, 0.05) is 6.54 Å². The smallest absolute Gasteiger partial charge is 0.226 e. The lowest BCUT2D eigenvalue weighted by atomic mass is 10.1. The zero-order chi connectivity index (χ0) is 15.1. The second kappa shape index (κ2) is 7.81. The molecule has 0 aliphatic rings. The number of rotatable bonds is 7. The molecule has 5 nitrogen and oxygen atoms in total. The number of amides is 1. The van der Waals surface area contributed by atoms with Crippen LogP contribution in [0.1, 0.15) is 18.0 Å². The van der Waals surface area contributed by atoms with Crippen LogP contribution in [0, 0.1) is 0 Å². The van der Waals surface area contributed by atoms with Gasteiger partial charge in [0.2, 0.25) is 5.91 Å². The van der Waals surface area contributed by atoms with Gasteiger partial charge in [-0.05, 0) is 31.8 Å². The summed E-state index contributed by atoms with van der Waals surface area (Å²) in [4.78, 5) is 13.8. The van der Waals surface area contributed by atoms with E-state index in [1.54, 1.807) is 7.11 Å².